The molecule has 0 bridgehead atoms. The van der Waals surface area contributed by atoms with E-state index in [0.717, 1.165) is 58.5 Å². The van der Waals surface area contributed by atoms with Crippen LogP contribution < -0.4 is 11.3 Å². The van der Waals surface area contributed by atoms with Gasteiger partial charge in [-0.05, 0) is 50.9 Å². The van der Waals surface area contributed by atoms with Crippen LogP contribution in [0.1, 0.15) is 44.9 Å². The van der Waals surface area contributed by atoms with Gasteiger partial charge in [0.15, 0.2) is 0 Å². The molecule has 5 nitrogen and oxygen atoms in total. The Balaban J connectivity index is 1.58. The molecular weight excluding hydrogens is 256 g/mol. The van der Waals surface area contributed by atoms with Crippen LogP contribution in [0.4, 0.5) is 0 Å². The molecule has 116 valence electrons. The van der Waals surface area contributed by atoms with Crippen LogP contribution in [0, 0.1) is 5.92 Å². The maximum atomic E-state index is 6.12. The molecule has 0 aromatic rings. The zero-order valence-electron chi connectivity index (χ0n) is 12.3. The van der Waals surface area contributed by atoms with Crippen LogP contribution in [0.5, 0.6) is 0 Å². The fourth-order valence-corrected chi connectivity index (χ4v) is 4.01. The van der Waals surface area contributed by atoms with Crippen molar-refractivity contribution < 1.29 is 14.2 Å². The van der Waals surface area contributed by atoms with Gasteiger partial charge in [-0.2, -0.15) is 0 Å². The van der Waals surface area contributed by atoms with Crippen LogP contribution in [0.2, 0.25) is 0 Å². The third-order valence-electron chi connectivity index (χ3n) is 5.26. The van der Waals surface area contributed by atoms with E-state index in [1.165, 1.54) is 12.8 Å². The van der Waals surface area contributed by atoms with Gasteiger partial charge in [-0.25, -0.2) is 0 Å². The molecule has 3 rings (SSSR count). The van der Waals surface area contributed by atoms with E-state index in [1.807, 2.05) is 0 Å². The van der Waals surface area contributed by atoms with Gasteiger partial charge in [0.2, 0.25) is 0 Å². The summed E-state index contributed by atoms with van der Waals surface area (Å²) in [6.07, 6.45) is 8.07. The molecule has 1 spiro atoms. The van der Waals surface area contributed by atoms with Crippen LogP contribution in [0.3, 0.4) is 0 Å². The highest BCUT2D eigenvalue weighted by Crippen LogP contribution is 2.39. The first kappa shape index (κ1) is 14.7. The summed E-state index contributed by atoms with van der Waals surface area (Å²) in [7, 11) is 0. The Morgan fingerprint density at radius 2 is 2.00 bits per heavy atom. The molecule has 3 N–H and O–H groups in total. The number of ether oxygens (including phenoxy) is 3. The summed E-state index contributed by atoms with van der Waals surface area (Å²) in [6, 6.07) is 0.349. The van der Waals surface area contributed by atoms with Crippen molar-refractivity contribution in [1.29, 1.82) is 0 Å². The minimum absolute atomic E-state index is 0.0484. The second kappa shape index (κ2) is 6.71. The number of nitrogens with one attached hydrogen (secondary N) is 1. The monoisotopic (exact) mass is 284 g/mol. The maximum absolute atomic E-state index is 6.12. The summed E-state index contributed by atoms with van der Waals surface area (Å²) < 4.78 is 17.4. The minimum atomic E-state index is 0.0484. The van der Waals surface area contributed by atoms with E-state index in [4.69, 9.17) is 20.1 Å². The predicted octanol–water partition coefficient (Wildman–Crippen LogP) is 1.36. The summed E-state index contributed by atoms with van der Waals surface area (Å²) in [5.41, 5.74) is 3.10. The summed E-state index contributed by atoms with van der Waals surface area (Å²) in [4.78, 5) is 0. The van der Waals surface area contributed by atoms with Crippen LogP contribution in [0.25, 0.3) is 0 Å². The highest BCUT2D eigenvalue weighted by Gasteiger charge is 2.41. The fourth-order valence-electron chi connectivity index (χ4n) is 4.01. The van der Waals surface area contributed by atoms with E-state index in [2.05, 4.69) is 5.43 Å². The predicted molar refractivity (Wildman–Crippen MR) is 76.2 cm³/mol. The minimum Gasteiger partial charge on any atom is -0.381 e. The van der Waals surface area contributed by atoms with Gasteiger partial charge in [0.25, 0.3) is 0 Å². The van der Waals surface area contributed by atoms with Gasteiger partial charge in [-0.1, -0.05) is 0 Å². The highest BCUT2D eigenvalue weighted by atomic mass is 16.5. The second-order valence-electron chi connectivity index (χ2n) is 6.54. The molecule has 3 aliphatic rings. The van der Waals surface area contributed by atoms with Crippen LogP contribution >= 0.6 is 0 Å². The molecule has 5 heteroatoms. The van der Waals surface area contributed by atoms with Gasteiger partial charge in [-0.3, -0.25) is 11.3 Å². The van der Waals surface area contributed by atoms with Crippen LogP contribution in [0.15, 0.2) is 0 Å². The summed E-state index contributed by atoms with van der Waals surface area (Å²) in [5, 5.41) is 0. The molecule has 3 aliphatic heterocycles. The van der Waals surface area contributed by atoms with Crippen LogP contribution in [-0.4, -0.2) is 44.2 Å². The molecule has 3 saturated heterocycles. The second-order valence-corrected chi connectivity index (χ2v) is 6.54. The highest BCUT2D eigenvalue weighted by molar-refractivity contribution is 4.93. The van der Waals surface area contributed by atoms with E-state index < -0.39 is 0 Å². The Kier molecular flexibility index (Phi) is 4.94. The zero-order chi connectivity index (χ0) is 13.8. The Morgan fingerprint density at radius 3 is 2.70 bits per heavy atom. The van der Waals surface area contributed by atoms with Gasteiger partial charge < -0.3 is 14.2 Å². The summed E-state index contributed by atoms with van der Waals surface area (Å²) >= 11 is 0. The van der Waals surface area contributed by atoms with Crippen molar-refractivity contribution in [3.63, 3.8) is 0 Å². The summed E-state index contributed by atoms with van der Waals surface area (Å²) in [6.45, 7) is 3.43. The van der Waals surface area contributed by atoms with Crippen LogP contribution in [-0.2, 0) is 14.2 Å². The Morgan fingerprint density at radius 1 is 1.15 bits per heavy atom. The first-order valence-corrected chi connectivity index (χ1v) is 8.11. The van der Waals surface area contributed by atoms with Gasteiger partial charge >= 0.3 is 0 Å². The molecule has 0 aliphatic carbocycles. The molecule has 3 heterocycles. The standard InChI is InChI=1S/C15H28N2O3/c16-17-14(10-13-2-1-6-19-13)12-3-7-20-15(11-12)4-8-18-9-5-15/h12-14,17H,1-11,16H2. The molecular formula is C15H28N2O3. The molecule has 0 amide bonds. The lowest BCUT2D eigenvalue weighted by Crippen LogP contribution is -2.51. The van der Waals surface area contributed by atoms with Crippen molar-refractivity contribution in [1.82, 2.24) is 5.43 Å². The van der Waals surface area contributed by atoms with Crippen molar-refractivity contribution in [3.8, 4) is 0 Å². The summed E-state index contributed by atoms with van der Waals surface area (Å²) in [5.74, 6) is 6.42. The van der Waals surface area contributed by atoms with Crippen molar-refractivity contribution in [2.24, 2.45) is 11.8 Å². The SMILES string of the molecule is NNC(CC1CCCO1)C1CCOC2(CCOCC2)C1. The first-order chi connectivity index (χ1) is 9.81. The zero-order valence-corrected chi connectivity index (χ0v) is 12.3. The average Bonchev–Trinajstić information content (AvgIpc) is 2.98. The molecule has 3 unspecified atom stereocenters. The van der Waals surface area contributed by atoms with E-state index in [9.17, 15) is 0 Å². The number of rotatable bonds is 4. The largest absolute Gasteiger partial charge is 0.381 e. The molecule has 3 atom stereocenters. The topological polar surface area (TPSA) is 65.7 Å². The third-order valence-corrected chi connectivity index (χ3v) is 5.26. The van der Waals surface area contributed by atoms with Crippen molar-refractivity contribution in [3.05, 3.63) is 0 Å². The van der Waals surface area contributed by atoms with Crippen molar-refractivity contribution in [2.75, 3.05) is 26.4 Å². The van der Waals surface area contributed by atoms with Crippen molar-refractivity contribution in [2.45, 2.75) is 62.7 Å². The Labute approximate surface area is 121 Å². The molecule has 0 saturated carbocycles. The van der Waals surface area contributed by atoms with Gasteiger partial charge in [0.1, 0.15) is 0 Å². The maximum Gasteiger partial charge on any atom is 0.0729 e. The normalized spacial score (nSPS) is 35.2. The van der Waals surface area contributed by atoms with E-state index in [-0.39, 0.29) is 5.60 Å². The van der Waals surface area contributed by atoms with Gasteiger partial charge in [0, 0.05) is 32.5 Å². The number of hydrazine groups is 1. The lowest BCUT2D eigenvalue weighted by atomic mass is 9.76. The van der Waals surface area contributed by atoms with Gasteiger partial charge in [-0.15, -0.1) is 0 Å². The Hall–Kier alpha value is -0.200. The smallest absolute Gasteiger partial charge is 0.0729 e. The van der Waals surface area contributed by atoms with E-state index >= 15 is 0 Å². The van der Waals surface area contributed by atoms with E-state index in [1.54, 1.807) is 0 Å². The van der Waals surface area contributed by atoms with Gasteiger partial charge in [0.05, 0.1) is 11.7 Å². The quantitative estimate of drug-likeness (QED) is 0.603. The lowest BCUT2D eigenvalue weighted by molar-refractivity contribution is -0.151. The third kappa shape index (κ3) is 3.34. The average molecular weight is 284 g/mol. The fraction of sp³-hybridized carbons (Fsp3) is 1.00. The molecule has 0 aromatic carbocycles. The molecule has 0 aromatic heterocycles. The lowest BCUT2D eigenvalue weighted by Gasteiger charge is -2.45. The number of nitrogens with two attached hydrogens (primary N) is 1. The molecule has 3 fully saturated rings. The molecule has 20 heavy (non-hydrogen) atoms. The number of hydrogen-bond acceptors (Lipinski definition) is 5. The van der Waals surface area contributed by atoms with Crippen molar-refractivity contribution >= 4 is 0 Å². The molecule has 0 radical (unpaired) electrons. The Bertz CT molecular complexity index is 296. The van der Waals surface area contributed by atoms with E-state index in [0.29, 0.717) is 18.1 Å². The first-order valence-electron chi connectivity index (χ1n) is 8.11. The number of hydrogen-bond donors (Lipinski definition) is 2.